The van der Waals surface area contributed by atoms with Crippen molar-refractivity contribution < 1.29 is 18.0 Å². The second-order valence-electron chi connectivity index (χ2n) is 7.17. The number of tetrazole rings is 1. The van der Waals surface area contributed by atoms with Crippen LogP contribution in [0.25, 0.3) is 0 Å². The normalized spacial score (nSPS) is 13.4. The second-order valence-corrected chi connectivity index (χ2v) is 11.3. The van der Waals surface area contributed by atoms with E-state index >= 15 is 0 Å². The summed E-state index contributed by atoms with van der Waals surface area (Å²) in [5.41, 5.74) is 1.91. The van der Waals surface area contributed by atoms with Crippen LogP contribution in [0.1, 0.15) is 26.3 Å². The maximum Gasteiger partial charge on any atom is 0.297 e. The van der Waals surface area contributed by atoms with Crippen LogP contribution in [0.2, 0.25) is 9.36 Å². The Balaban J connectivity index is 1.44. The number of nitrogens with one attached hydrogen (secondary N) is 1. The van der Waals surface area contributed by atoms with E-state index in [1.54, 1.807) is 31.2 Å². The van der Waals surface area contributed by atoms with Crippen molar-refractivity contribution in [1.82, 2.24) is 19.6 Å². The molecule has 2 aromatic heterocycles. The third kappa shape index (κ3) is 3.64. The summed E-state index contributed by atoms with van der Waals surface area (Å²) in [4.78, 5) is 26.8. The summed E-state index contributed by atoms with van der Waals surface area (Å²) in [6.07, 6.45) is 0. The molecule has 0 aliphatic carbocycles. The van der Waals surface area contributed by atoms with Crippen molar-refractivity contribution in [3.05, 3.63) is 74.6 Å². The van der Waals surface area contributed by atoms with Gasteiger partial charge in [0.05, 0.1) is 21.2 Å². The van der Waals surface area contributed by atoms with E-state index in [0.29, 0.717) is 30.4 Å². The molecule has 0 atom stereocenters. The van der Waals surface area contributed by atoms with Crippen LogP contribution in [0.3, 0.4) is 0 Å². The van der Waals surface area contributed by atoms with Crippen molar-refractivity contribution in [2.45, 2.75) is 11.1 Å². The molecular weight excluding hydrogens is 523 g/mol. The molecule has 0 fully saturated rings. The molecule has 1 aliphatic rings. The number of rotatable bonds is 5. The minimum Gasteiger partial charge on any atom is -0.322 e. The topological polar surface area (TPSA) is 127 Å². The van der Waals surface area contributed by atoms with Crippen molar-refractivity contribution in [3.63, 3.8) is 0 Å². The fourth-order valence-corrected chi connectivity index (χ4v) is 6.32. The van der Waals surface area contributed by atoms with Crippen LogP contribution < -0.4 is 10.2 Å². The van der Waals surface area contributed by atoms with Gasteiger partial charge in [0.25, 0.3) is 27.8 Å². The SMILES string of the molecule is Cc1cc(Nc2nnnn2S(=O)(=O)c2ccc(Cl)s2)ccc1N1C(=O)c2ccc(Cl)cc2C1=O. The van der Waals surface area contributed by atoms with E-state index in [4.69, 9.17) is 23.2 Å². The zero-order chi connectivity index (χ0) is 24.2. The highest BCUT2D eigenvalue weighted by molar-refractivity contribution is 7.92. The standard InChI is InChI=1S/C20H12Cl2N6O4S2/c1-10-8-12(23-20-24-25-26-28(20)34(31,32)17-7-6-16(22)33-17)3-5-15(10)27-18(29)13-4-2-11(21)9-14(13)19(27)30/h2-9H,1H3,(H,23,24,26). The zero-order valence-corrected chi connectivity index (χ0v) is 20.2. The number of anilines is 3. The predicted octanol–water partition coefficient (Wildman–Crippen LogP) is 4.13. The number of imide groups is 1. The molecule has 1 N–H and O–H groups in total. The highest BCUT2D eigenvalue weighted by atomic mass is 35.5. The summed E-state index contributed by atoms with van der Waals surface area (Å²) < 4.78 is 26.7. The highest BCUT2D eigenvalue weighted by Crippen LogP contribution is 2.34. The predicted molar refractivity (Wildman–Crippen MR) is 127 cm³/mol. The van der Waals surface area contributed by atoms with Gasteiger partial charge >= 0.3 is 0 Å². The fourth-order valence-electron chi connectivity index (χ4n) is 3.48. The molecule has 0 saturated carbocycles. The molecule has 0 bridgehead atoms. The Morgan fingerprint density at radius 2 is 1.74 bits per heavy atom. The number of hydrogen-bond acceptors (Lipinski definition) is 9. The number of carbonyl (C=O) groups is 2. The van der Waals surface area contributed by atoms with Crippen LogP contribution in [0.5, 0.6) is 0 Å². The number of benzene rings is 2. The Morgan fingerprint density at radius 1 is 0.971 bits per heavy atom. The van der Waals surface area contributed by atoms with Crippen LogP contribution in [0, 0.1) is 6.92 Å². The van der Waals surface area contributed by atoms with Gasteiger partial charge in [0, 0.05) is 10.7 Å². The Kier molecular flexibility index (Phi) is 5.40. The molecule has 34 heavy (non-hydrogen) atoms. The number of amides is 2. The number of fused-ring (bicyclic) bond motifs is 1. The molecule has 3 heterocycles. The molecule has 4 aromatic rings. The smallest absolute Gasteiger partial charge is 0.297 e. The van der Waals surface area contributed by atoms with Crippen LogP contribution in [-0.4, -0.2) is 39.8 Å². The van der Waals surface area contributed by atoms with Crippen molar-refractivity contribution in [2.24, 2.45) is 0 Å². The first kappa shape index (κ1) is 22.5. The average Bonchev–Trinajstić information content (AvgIpc) is 3.49. The Morgan fingerprint density at radius 3 is 2.44 bits per heavy atom. The molecule has 1 aliphatic heterocycles. The van der Waals surface area contributed by atoms with Crippen LogP contribution in [0.4, 0.5) is 17.3 Å². The lowest BCUT2D eigenvalue weighted by Gasteiger charge is -2.17. The van der Waals surface area contributed by atoms with Gasteiger partial charge in [-0.05, 0) is 71.4 Å². The number of hydrogen-bond donors (Lipinski definition) is 1. The molecule has 2 amide bonds. The van der Waals surface area contributed by atoms with E-state index < -0.39 is 21.8 Å². The van der Waals surface area contributed by atoms with Gasteiger partial charge in [-0.1, -0.05) is 32.4 Å². The maximum absolute atomic E-state index is 12.9. The van der Waals surface area contributed by atoms with Gasteiger partial charge in [-0.3, -0.25) is 9.59 Å². The van der Waals surface area contributed by atoms with Gasteiger partial charge < -0.3 is 5.32 Å². The maximum atomic E-state index is 12.9. The molecule has 5 rings (SSSR count). The monoisotopic (exact) mass is 534 g/mol. The van der Waals surface area contributed by atoms with E-state index in [-0.39, 0.29) is 21.3 Å². The lowest BCUT2D eigenvalue weighted by atomic mass is 10.1. The minimum atomic E-state index is -4.06. The molecule has 14 heteroatoms. The van der Waals surface area contributed by atoms with E-state index in [2.05, 4.69) is 20.8 Å². The minimum absolute atomic E-state index is 0.0230. The highest BCUT2D eigenvalue weighted by Gasteiger charge is 2.37. The van der Waals surface area contributed by atoms with Gasteiger partial charge in [-0.15, -0.1) is 11.3 Å². The van der Waals surface area contributed by atoms with Crippen molar-refractivity contribution in [1.29, 1.82) is 0 Å². The Labute approximate surface area is 206 Å². The van der Waals surface area contributed by atoms with Crippen molar-refractivity contribution in [2.75, 3.05) is 10.2 Å². The summed E-state index contributed by atoms with van der Waals surface area (Å²) in [6.45, 7) is 1.71. The number of thiophene rings is 1. The quantitative estimate of drug-likeness (QED) is 0.378. The molecular formula is C20H12Cl2N6O4S2. The van der Waals surface area contributed by atoms with Crippen molar-refractivity contribution in [3.8, 4) is 0 Å². The lowest BCUT2D eigenvalue weighted by molar-refractivity contribution is 0.0926. The first-order valence-corrected chi connectivity index (χ1v) is 12.5. The number of aromatic nitrogens is 4. The summed E-state index contributed by atoms with van der Waals surface area (Å²) in [7, 11) is -4.06. The molecule has 0 radical (unpaired) electrons. The summed E-state index contributed by atoms with van der Waals surface area (Å²) >= 11 is 12.7. The van der Waals surface area contributed by atoms with Gasteiger partial charge in [0.1, 0.15) is 4.21 Å². The second kappa shape index (κ2) is 8.17. The van der Waals surface area contributed by atoms with Gasteiger partial charge in [-0.25, -0.2) is 4.90 Å². The average molecular weight is 535 g/mol. The Hall–Kier alpha value is -3.32. The largest absolute Gasteiger partial charge is 0.322 e. The summed E-state index contributed by atoms with van der Waals surface area (Å²) in [5.74, 6) is -1.08. The lowest BCUT2D eigenvalue weighted by Crippen LogP contribution is -2.30. The number of halogens is 2. The molecule has 172 valence electrons. The summed E-state index contributed by atoms with van der Waals surface area (Å²) in [6, 6.07) is 12.1. The molecule has 10 nitrogen and oxygen atoms in total. The Bertz CT molecular complexity index is 1600. The number of nitrogens with zero attached hydrogens (tertiary/aromatic N) is 5. The third-order valence-electron chi connectivity index (χ3n) is 5.01. The third-order valence-corrected chi connectivity index (χ3v) is 8.50. The van der Waals surface area contributed by atoms with E-state index in [1.165, 1.54) is 24.3 Å². The molecule has 0 unspecified atom stereocenters. The van der Waals surface area contributed by atoms with E-state index in [0.717, 1.165) is 16.2 Å². The first-order valence-electron chi connectivity index (χ1n) is 9.52. The van der Waals surface area contributed by atoms with Gasteiger partial charge in [0.15, 0.2) is 0 Å². The van der Waals surface area contributed by atoms with Crippen LogP contribution in [-0.2, 0) is 10.0 Å². The van der Waals surface area contributed by atoms with Crippen molar-refractivity contribution >= 4 is 73.7 Å². The van der Waals surface area contributed by atoms with Gasteiger partial charge in [0.2, 0.25) is 0 Å². The number of carbonyl (C=O) groups excluding carboxylic acids is 2. The molecule has 0 saturated heterocycles. The fraction of sp³-hybridized carbons (Fsp3) is 0.0500. The van der Waals surface area contributed by atoms with E-state index in [9.17, 15) is 18.0 Å². The summed E-state index contributed by atoms with van der Waals surface area (Å²) in [5, 5.41) is 14.0. The zero-order valence-electron chi connectivity index (χ0n) is 17.1. The van der Waals surface area contributed by atoms with Crippen LogP contribution in [0.15, 0.2) is 52.7 Å². The van der Waals surface area contributed by atoms with E-state index in [1.807, 2.05) is 0 Å². The number of aryl methyl sites for hydroxylation is 1. The van der Waals surface area contributed by atoms with Crippen LogP contribution >= 0.6 is 34.5 Å². The molecule has 0 spiro atoms. The first-order chi connectivity index (χ1) is 16.2. The molecule has 2 aromatic carbocycles. The van der Waals surface area contributed by atoms with Gasteiger partial charge in [-0.2, -0.15) is 8.42 Å².